The molecule has 3 rings (SSSR count). The topological polar surface area (TPSA) is 17.1 Å². The molecule has 0 aromatic heterocycles. The SMILES string of the molecule is O=C1CCC(c2cccc(F)c2F)C(C2=CCCCC2)C1. The van der Waals surface area contributed by atoms with E-state index in [0.29, 0.717) is 24.8 Å². The van der Waals surface area contributed by atoms with Crippen molar-refractivity contribution in [3.63, 3.8) is 0 Å². The van der Waals surface area contributed by atoms with E-state index >= 15 is 0 Å². The average molecular weight is 290 g/mol. The number of rotatable bonds is 2. The number of allylic oxidation sites excluding steroid dienone is 2. The van der Waals surface area contributed by atoms with Crippen LogP contribution >= 0.6 is 0 Å². The van der Waals surface area contributed by atoms with Crippen LogP contribution in [0.1, 0.15) is 56.4 Å². The first kappa shape index (κ1) is 14.4. The normalized spacial score (nSPS) is 26.6. The number of benzene rings is 1. The molecule has 2 atom stereocenters. The fourth-order valence-corrected chi connectivity index (χ4v) is 3.78. The largest absolute Gasteiger partial charge is 0.300 e. The van der Waals surface area contributed by atoms with Crippen LogP contribution in [-0.4, -0.2) is 5.78 Å². The molecule has 21 heavy (non-hydrogen) atoms. The Hall–Kier alpha value is -1.51. The van der Waals surface area contributed by atoms with E-state index in [-0.39, 0.29) is 17.6 Å². The second-order valence-electron chi connectivity index (χ2n) is 6.16. The Balaban J connectivity index is 1.95. The zero-order chi connectivity index (χ0) is 14.8. The molecule has 1 nitrogen and oxygen atoms in total. The Bertz CT molecular complexity index is 577. The average Bonchev–Trinajstić information content (AvgIpc) is 2.51. The minimum absolute atomic E-state index is 0.0582. The maximum Gasteiger partial charge on any atom is 0.162 e. The lowest BCUT2D eigenvalue weighted by Gasteiger charge is -2.34. The zero-order valence-corrected chi connectivity index (χ0v) is 12.1. The van der Waals surface area contributed by atoms with Crippen LogP contribution in [0.5, 0.6) is 0 Å². The molecule has 0 radical (unpaired) electrons. The number of ketones is 1. The van der Waals surface area contributed by atoms with E-state index in [1.807, 2.05) is 0 Å². The summed E-state index contributed by atoms with van der Waals surface area (Å²) in [4.78, 5) is 11.8. The van der Waals surface area contributed by atoms with E-state index in [9.17, 15) is 13.6 Å². The lowest BCUT2D eigenvalue weighted by Crippen LogP contribution is -2.26. The highest BCUT2D eigenvalue weighted by Gasteiger charge is 2.34. The summed E-state index contributed by atoms with van der Waals surface area (Å²) < 4.78 is 27.7. The van der Waals surface area contributed by atoms with Crippen molar-refractivity contribution in [3.05, 3.63) is 47.0 Å². The molecule has 1 aromatic rings. The number of Topliss-reactive ketones (excluding diaryl/α,β-unsaturated/α-hetero) is 1. The molecule has 1 saturated carbocycles. The maximum atomic E-state index is 14.1. The van der Waals surface area contributed by atoms with Gasteiger partial charge in [-0.05, 0) is 55.6 Å². The Morgan fingerprint density at radius 3 is 2.67 bits per heavy atom. The first-order valence-electron chi connectivity index (χ1n) is 7.81. The summed E-state index contributed by atoms with van der Waals surface area (Å²) in [6.07, 6.45) is 8.15. The van der Waals surface area contributed by atoms with Gasteiger partial charge in [0.05, 0.1) is 0 Å². The molecular formula is C18H20F2O. The lowest BCUT2D eigenvalue weighted by molar-refractivity contribution is -0.121. The highest BCUT2D eigenvalue weighted by Crippen LogP contribution is 2.44. The first-order chi connectivity index (χ1) is 10.2. The van der Waals surface area contributed by atoms with E-state index in [4.69, 9.17) is 0 Å². The van der Waals surface area contributed by atoms with Crippen LogP contribution < -0.4 is 0 Å². The van der Waals surface area contributed by atoms with Gasteiger partial charge < -0.3 is 0 Å². The second-order valence-corrected chi connectivity index (χ2v) is 6.16. The molecule has 1 fully saturated rings. The van der Waals surface area contributed by atoms with Gasteiger partial charge in [-0.25, -0.2) is 8.78 Å². The minimum atomic E-state index is -0.791. The van der Waals surface area contributed by atoms with Crippen LogP contribution in [0.25, 0.3) is 0 Å². The number of carbonyl (C=O) groups excluding carboxylic acids is 1. The summed E-state index contributed by atoms with van der Waals surface area (Å²) in [7, 11) is 0. The summed E-state index contributed by atoms with van der Waals surface area (Å²) >= 11 is 0. The van der Waals surface area contributed by atoms with Crippen molar-refractivity contribution in [1.82, 2.24) is 0 Å². The van der Waals surface area contributed by atoms with Crippen LogP contribution in [0.3, 0.4) is 0 Å². The van der Waals surface area contributed by atoms with Crippen molar-refractivity contribution in [3.8, 4) is 0 Å². The molecular weight excluding hydrogens is 270 g/mol. The van der Waals surface area contributed by atoms with Crippen molar-refractivity contribution in [2.75, 3.05) is 0 Å². The molecule has 112 valence electrons. The summed E-state index contributed by atoms with van der Waals surface area (Å²) in [5.74, 6) is -1.29. The van der Waals surface area contributed by atoms with Gasteiger partial charge in [-0.2, -0.15) is 0 Å². The van der Waals surface area contributed by atoms with Crippen molar-refractivity contribution < 1.29 is 13.6 Å². The van der Waals surface area contributed by atoms with Gasteiger partial charge in [-0.1, -0.05) is 23.8 Å². The number of halogens is 2. The van der Waals surface area contributed by atoms with E-state index in [0.717, 1.165) is 25.3 Å². The van der Waals surface area contributed by atoms with Crippen molar-refractivity contribution in [2.45, 2.75) is 50.9 Å². The molecule has 0 N–H and O–H groups in total. The molecule has 1 aromatic carbocycles. The highest BCUT2D eigenvalue weighted by molar-refractivity contribution is 5.80. The molecule has 2 aliphatic carbocycles. The fourth-order valence-electron chi connectivity index (χ4n) is 3.78. The zero-order valence-electron chi connectivity index (χ0n) is 12.1. The fraction of sp³-hybridized carbons (Fsp3) is 0.500. The van der Waals surface area contributed by atoms with Crippen LogP contribution in [0, 0.1) is 17.6 Å². The van der Waals surface area contributed by atoms with Crippen molar-refractivity contribution >= 4 is 5.78 Å². The predicted molar refractivity (Wildman–Crippen MR) is 78.0 cm³/mol. The highest BCUT2D eigenvalue weighted by atomic mass is 19.2. The summed E-state index contributed by atoms with van der Waals surface area (Å²) in [5, 5.41) is 0. The Labute approximate surface area is 124 Å². The molecule has 0 bridgehead atoms. The van der Waals surface area contributed by atoms with Gasteiger partial charge in [0.25, 0.3) is 0 Å². The Morgan fingerprint density at radius 2 is 1.90 bits per heavy atom. The standard InChI is InChI=1S/C18H20F2O/c19-17-8-4-7-15(18(17)20)14-10-9-13(21)11-16(14)12-5-2-1-3-6-12/h4-5,7-8,14,16H,1-3,6,9-11H2. The van der Waals surface area contributed by atoms with Crippen LogP contribution in [0.2, 0.25) is 0 Å². The van der Waals surface area contributed by atoms with E-state index in [1.165, 1.54) is 12.0 Å². The summed E-state index contributed by atoms with van der Waals surface area (Å²) in [6, 6.07) is 4.40. The van der Waals surface area contributed by atoms with Crippen LogP contribution in [0.4, 0.5) is 8.78 Å². The van der Waals surface area contributed by atoms with Gasteiger partial charge in [0.15, 0.2) is 11.6 Å². The molecule has 0 aliphatic heterocycles. The molecule has 2 aliphatic rings. The van der Waals surface area contributed by atoms with Gasteiger partial charge in [0.1, 0.15) is 5.78 Å². The summed E-state index contributed by atoms with van der Waals surface area (Å²) in [6.45, 7) is 0. The van der Waals surface area contributed by atoms with Gasteiger partial charge >= 0.3 is 0 Å². The van der Waals surface area contributed by atoms with E-state index in [2.05, 4.69) is 6.08 Å². The van der Waals surface area contributed by atoms with E-state index in [1.54, 1.807) is 12.1 Å². The third-order valence-corrected chi connectivity index (χ3v) is 4.85. The van der Waals surface area contributed by atoms with Crippen LogP contribution in [0.15, 0.2) is 29.8 Å². The van der Waals surface area contributed by atoms with E-state index < -0.39 is 11.6 Å². The third-order valence-electron chi connectivity index (χ3n) is 4.85. The Morgan fingerprint density at radius 1 is 1.05 bits per heavy atom. The maximum absolute atomic E-state index is 14.1. The van der Waals surface area contributed by atoms with Gasteiger partial charge in [-0.3, -0.25) is 4.79 Å². The quantitative estimate of drug-likeness (QED) is 0.707. The molecule has 0 heterocycles. The van der Waals surface area contributed by atoms with Gasteiger partial charge in [0, 0.05) is 12.8 Å². The molecule has 0 amide bonds. The monoisotopic (exact) mass is 290 g/mol. The predicted octanol–water partition coefficient (Wildman–Crippen LogP) is 4.92. The molecule has 0 spiro atoms. The third kappa shape index (κ3) is 2.92. The molecule has 0 saturated heterocycles. The first-order valence-corrected chi connectivity index (χ1v) is 7.81. The summed E-state index contributed by atoms with van der Waals surface area (Å²) in [5.41, 5.74) is 1.72. The molecule has 3 heteroatoms. The smallest absolute Gasteiger partial charge is 0.162 e. The minimum Gasteiger partial charge on any atom is -0.300 e. The van der Waals surface area contributed by atoms with Crippen molar-refractivity contribution in [2.24, 2.45) is 5.92 Å². The number of carbonyl (C=O) groups is 1. The molecule has 2 unspecified atom stereocenters. The second kappa shape index (κ2) is 6.08. The number of hydrogen-bond acceptors (Lipinski definition) is 1. The number of hydrogen-bond donors (Lipinski definition) is 0. The van der Waals surface area contributed by atoms with Crippen molar-refractivity contribution in [1.29, 1.82) is 0 Å². The lowest BCUT2D eigenvalue weighted by atomic mass is 9.69. The Kier molecular flexibility index (Phi) is 4.18. The van der Waals surface area contributed by atoms with Gasteiger partial charge in [-0.15, -0.1) is 0 Å². The van der Waals surface area contributed by atoms with Gasteiger partial charge in [0.2, 0.25) is 0 Å². The van der Waals surface area contributed by atoms with Crippen LogP contribution in [-0.2, 0) is 4.79 Å².